The van der Waals surface area contributed by atoms with E-state index in [2.05, 4.69) is 25.2 Å². The highest BCUT2D eigenvalue weighted by Gasteiger charge is 2.63. The summed E-state index contributed by atoms with van der Waals surface area (Å²) in [6.07, 6.45) is 7.31. The highest BCUT2D eigenvalue weighted by Crippen LogP contribution is 2.54. The largest absolute Gasteiger partial charge is 0.384 e. The fourth-order valence-electron chi connectivity index (χ4n) is 5.14. The maximum atomic E-state index is 12.6. The zero-order valence-corrected chi connectivity index (χ0v) is 15.8. The Morgan fingerprint density at radius 3 is 3.14 bits per heavy atom. The number of nitrogens with one attached hydrogen (secondary N) is 1. The van der Waals surface area contributed by atoms with E-state index in [1.807, 2.05) is 13.0 Å². The van der Waals surface area contributed by atoms with E-state index in [1.54, 1.807) is 24.7 Å². The third-order valence-corrected chi connectivity index (χ3v) is 6.51. The molecule has 28 heavy (non-hydrogen) atoms. The van der Waals surface area contributed by atoms with Crippen LogP contribution >= 0.6 is 0 Å². The molecule has 0 aliphatic carbocycles. The second kappa shape index (κ2) is 6.41. The number of nitrogen functional groups attached to an aromatic ring is 1. The lowest BCUT2D eigenvalue weighted by Crippen LogP contribution is -2.42. The van der Waals surface area contributed by atoms with Crippen molar-refractivity contribution in [2.75, 3.05) is 30.3 Å². The summed E-state index contributed by atoms with van der Waals surface area (Å²) in [5.41, 5.74) is 7.23. The molecule has 0 saturated carbocycles. The zero-order valence-electron chi connectivity index (χ0n) is 15.8. The van der Waals surface area contributed by atoms with Gasteiger partial charge in [0.15, 0.2) is 0 Å². The van der Waals surface area contributed by atoms with Crippen molar-refractivity contribution in [2.24, 2.45) is 11.8 Å². The minimum atomic E-state index is -0.155. The van der Waals surface area contributed by atoms with Crippen LogP contribution in [0.3, 0.4) is 0 Å². The number of aryl methyl sites for hydroxylation is 1. The van der Waals surface area contributed by atoms with Gasteiger partial charge in [0.05, 0.1) is 23.8 Å². The van der Waals surface area contributed by atoms with E-state index in [1.165, 1.54) is 0 Å². The van der Waals surface area contributed by atoms with Gasteiger partial charge in [0.25, 0.3) is 5.91 Å². The third-order valence-electron chi connectivity index (χ3n) is 6.51. The molecule has 4 atom stereocenters. The number of carbonyl (C=O) groups is 1. The van der Waals surface area contributed by atoms with Crippen molar-refractivity contribution in [3.05, 3.63) is 41.9 Å². The van der Waals surface area contributed by atoms with Crippen LogP contribution in [0.5, 0.6) is 0 Å². The van der Waals surface area contributed by atoms with Gasteiger partial charge in [-0.2, -0.15) is 4.98 Å². The van der Waals surface area contributed by atoms with E-state index in [4.69, 9.17) is 10.5 Å². The number of carbonyl (C=O) groups excluding carboxylic acids is 1. The first-order chi connectivity index (χ1) is 13.6. The first-order valence-electron chi connectivity index (χ1n) is 9.76. The van der Waals surface area contributed by atoms with Gasteiger partial charge in [0.1, 0.15) is 5.82 Å². The maximum Gasteiger partial charge on any atom is 0.253 e. The summed E-state index contributed by atoms with van der Waals surface area (Å²) >= 11 is 0. The molecule has 0 aromatic carbocycles. The Bertz CT molecular complexity index is 921. The molecule has 1 amide bonds. The van der Waals surface area contributed by atoms with Crippen LogP contribution in [0.4, 0.5) is 11.8 Å². The molecule has 8 heteroatoms. The van der Waals surface area contributed by atoms with Gasteiger partial charge in [0, 0.05) is 43.5 Å². The quantitative estimate of drug-likeness (QED) is 0.820. The molecule has 2 bridgehead atoms. The zero-order chi connectivity index (χ0) is 19.3. The van der Waals surface area contributed by atoms with Gasteiger partial charge < -0.3 is 20.7 Å². The molecule has 146 valence electrons. The van der Waals surface area contributed by atoms with Gasteiger partial charge in [-0.05, 0) is 37.5 Å². The predicted octanol–water partition coefficient (Wildman–Crippen LogP) is 1.18. The van der Waals surface area contributed by atoms with Crippen LogP contribution < -0.4 is 16.0 Å². The summed E-state index contributed by atoms with van der Waals surface area (Å²) in [5, 5.41) is 3.11. The van der Waals surface area contributed by atoms with E-state index in [0.717, 1.165) is 31.5 Å². The van der Waals surface area contributed by atoms with Crippen LogP contribution in [0.1, 0.15) is 28.8 Å². The molecule has 0 unspecified atom stereocenters. The number of rotatable bonds is 4. The number of hydrogen-bond acceptors (Lipinski definition) is 7. The maximum absolute atomic E-state index is 12.6. The summed E-state index contributed by atoms with van der Waals surface area (Å²) in [4.78, 5) is 27.6. The first kappa shape index (κ1) is 17.4. The number of hydrogen-bond donors (Lipinski definition) is 2. The number of nitrogens with two attached hydrogens (primary N) is 1. The lowest BCUT2D eigenvalue weighted by atomic mass is 9.73. The smallest absolute Gasteiger partial charge is 0.253 e. The molecule has 8 nitrogen and oxygen atoms in total. The van der Waals surface area contributed by atoms with Gasteiger partial charge in [-0.1, -0.05) is 0 Å². The molecule has 3 aliphatic rings. The van der Waals surface area contributed by atoms with Crippen LogP contribution in [0.15, 0.2) is 30.7 Å². The van der Waals surface area contributed by atoms with E-state index in [9.17, 15) is 4.79 Å². The Morgan fingerprint density at radius 1 is 1.43 bits per heavy atom. The molecule has 3 aliphatic heterocycles. The van der Waals surface area contributed by atoms with Gasteiger partial charge in [-0.3, -0.25) is 9.78 Å². The number of amides is 1. The lowest BCUT2D eigenvalue weighted by molar-refractivity contribution is 0.0141. The van der Waals surface area contributed by atoms with E-state index >= 15 is 0 Å². The molecule has 3 fully saturated rings. The van der Waals surface area contributed by atoms with Gasteiger partial charge >= 0.3 is 0 Å². The summed E-state index contributed by atoms with van der Waals surface area (Å²) in [7, 11) is 0. The van der Waals surface area contributed by atoms with Crippen molar-refractivity contribution in [3.8, 4) is 0 Å². The molecule has 5 rings (SSSR count). The molecular formula is C20H24N6O2. The Labute approximate surface area is 163 Å². The van der Waals surface area contributed by atoms with E-state index < -0.39 is 0 Å². The van der Waals surface area contributed by atoms with Crippen LogP contribution in [0.2, 0.25) is 0 Å². The average Bonchev–Trinajstić information content (AvgIpc) is 3.35. The average molecular weight is 380 g/mol. The van der Waals surface area contributed by atoms with E-state index in [0.29, 0.717) is 35.7 Å². The molecule has 0 radical (unpaired) electrons. The minimum absolute atomic E-state index is 0.0727. The second-order valence-corrected chi connectivity index (χ2v) is 8.09. The topological polar surface area (TPSA) is 106 Å². The van der Waals surface area contributed by atoms with Crippen LogP contribution in [0, 0.1) is 18.8 Å². The van der Waals surface area contributed by atoms with Crippen molar-refractivity contribution in [1.29, 1.82) is 0 Å². The predicted molar refractivity (Wildman–Crippen MR) is 104 cm³/mol. The number of anilines is 2. The first-order valence-corrected chi connectivity index (χ1v) is 9.76. The summed E-state index contributed by atoms with van der Waals surface area (Å²) in [6, 6.07) is 3.55. The highest BCUT2D eigenvalue weighted by atomic mass is 16.5. The summed E-state index contributed by atoms with van der Waals surface area (Å²) in [6.45, 7) is 4.14. The molecule has 5 heterocycles. The SMILES string of the molecule is Cc1ccncc1C(=O)NC[C@H]1[C@H]2CN(c3nccc(N)n3)C[C@]23CC[C@H]1O3. The normalized spacial score (nSPS) is 30.5. The van der Waals surface area contributed by atoms with Gasteiger partial charge in [-0.15, -0.1) is 0 Å². The van der Waals surface area contributed by atoms with Crippen LogP contribution in [-0.2, 0) is 4.74 Å². The summed E-state index contributed by atoms with van der Waals surface area (Å²) in [5.74, 6) is 1.70. The fraction of sp³-hybridized carbons (Fsp3) is 0.500. The van der Waals surface area contributed by atoms with Gasteiger partial charge in [0.2, 0.25) is 5.95 Å². The van der Waals surface area contributed by atoms with Crippen molar-refractivity contribution >= 4 is 17.7 Å². The highest BCUT2D eigenvalue weighted by molar-refractivity contribution is 5.95. The fourth-order valence-corrected chi connectivity index (χ4v) is 5.14. The van der Waals surface area contributed by atoms with Crippen LogP contribution in [0.25, 0.3) is 0 Å². The van der Waals surface area contributed by atoms with Crippen molar-refractivity contribution in [1.82, 2.24) is 20.3 Å². The van der Waals surface area contributed by atoms with E-state index in [-0.39, 0.29) is 17.6 Å². The Morgan fingerprint density at radius 2 is 2.32 bits per heavy atom. The van der Waals surface area contributed by atoms with Crippen molar-refractivity contribution < 1.29 is 9.53 Å². The Kier molecular flexibility index (Phi) is 3.97. The molecule has 3 saturated heterocycles. The number of pyridine rings is 1. The molecule has 3 N–H and O–H groups in total. The minimum Gasteiger partial charge on any atom is -0.384 e. The number of aromatic nitrogens is 3. The van der Waals surface area contributed by atoms with Crippen molar-refractivity contribution in [3.63, 3.8) is 0 Å². The number of nitrogens with zero attached hydrogens (tertiary/aromatic N) is 4. The molecule has 1 spiro atoms. The molecule has 2 aromatic heterocycles. The lowest BCUT2D eigenvalue weighted by Gasteiger charge is -2.29. The second-order valence-electron chi connectivity index (χ2n) is 8.09. The third kappa shape index (κ3) is 2.71. The summed E-state index contributed by atoms with van der Waals surface area (Å²) < 4.78 is 6.45. The van der Waals surface area contributed by atoms with Crippen LogP contribution in [-0.4, -0.2) is 52.2 Å². The number of ether oxygens (including phenoxy) is 1. The molecule has 2 aromatic rings. The number of fused-ring (bicyclic) bond motifs is 1. The van der Waals surface area contributed by atoms with Crippen molar-refractivity contribution in [2.45, 2.75) is 31.5 Å². The molecular weight excluding hydrogens is 356 g/mol. The Hall–Kier alpha value is -2.74. The standard InChI is InChI=1S/C20H24N6O2/c1-12-3-6-22-8-13(12)18(27)24-9-14-15-10-26(19-23-7-4-17(21)25-19)11-20(15)5-2-16(14)28-20/h3-4,6-8,14-16H,2,5,9-11H2,1H3,(H,24,27)(H2,21,23,25)/t14-,15+,16+,20+/m0/s1. The van der Waals surface area contributed by atoms with Gasteiger partial charge in [-0.25, -0.2) is 4.98 Å². The Balaban J connectivity index is 1.31. The monoisotopic (exact) mass is 380 g/mol.